The van der Waals surface area contributed by atoms with E-state index in [-0.39, 0.29) is 46.7 Å². The molecule has 0 saturated carbocycles. The normalized spacial score (nSPS) is 13.1. The summed E-state index contributed by atoms with van der Waals surface area (Å²) in [4.78, 5) is 1.41. The standard InChI is InChI=1S/C56H39N/c1-2-16-44(17-3-1)51-20-8-9-21-52(51)53-22-10-11-23-54(53)55-24-12-13-25-56(55)57(49-34-30-42(31-35-49)47-28-26-40-14-4-6-18-45(40)38-47)50-36-32-43(33-37-50)48-29-27-41-15-5-7-19-46(41)39-48/h1-39H/i30D,31D,32D,33D,34D,35D,36D,37D. The molecule has 1 heteroatoms. The fraction of sp³-hybridized carbons (Fsp3) is 0. The Balaban J connectivity index is 1.25. The molecule has 0 spiro atoms. The Hall–Kier alpha value is -7.48. The molecule has 10 aromatic rings. The Kier molecular flexibility index (Phi) is 6.92. The molecule has 0 atom stereocenters. The van der Waals surface area contributed by atoms with Gasteiger partial charge in [-0.05, 0) is 114 Å². The van der Waals surface area contributed by atoms with Crippen LogP contribution >= 0.6 is 0 Å². The van der Waals surface area contributed by atoms with Gasteiger partial charge in [-0.2, -0.15) is 0 Å². The van der Waals surface area contributed by atoms with Crippen molar-refractivity contribution in [1.82, 2.24) is 0 Å². The van der Waals surface area contributed by atoms with E-state index in [0.29, 0.717) is 22.4 Å². The van der Waals surface area contributed by atoms with E-state index in [2.05, 4.69) is 24.3 Å². The number of hydrogen-bond acceptors (Lipinski definition) is 1. The zero-order chi connectivity index (χ0) is 44.9. The fourth-order valence-electron chi connectivity index (χ4n) is 7.60. The number of para-hydroxylation sites is 1. The second-order valence-electron chi connectivity index (χ2n) is 13.9. The van der Waals surface area contributed by atoms with Gasteiger partial charge in [-0.25, -0.2) is 0 Å². The van der Waals surface area contributed by atoms with Crippen molar-refractivity contribution in [3.05, 3.63) is 236 Å². The van der Waals surface area contributed by atoms with Crippen LogP contribution in [0.4, 0.5) is 17.1 Å². The summed E-state index contributed by atoms with van der Waals surface area (Å²) in [6.07, 6.45) is 0. The monoisotopic (exact) mass is 733 g/mol. The van der Waals surface area contributed by atoms with Crippen LogP contribution in [-0.2, 0) is 0 Å². The van der Waals surface area contributed by atoms with E-state index in [1.165, 1.54) is 4.90 Å². The summed E-state index contributed by atoms with van der Waals surface area (Å²) in [6, 6.07) is 57.1. The molecule has 0 radical (unpaired) electrons. The van der Waals surface area contributed by atoms with Gasteiger partial charge in [-0.3, -0.25) is 0 Å². The highest BCUT2D eigenvalue weighted by atomic mass is 15.1. The SMILES string of the molecule is [2H]c1c([2H])c(N(c2ccccc2-c2ccccc2-c2ccccc2-c2ccccc2)c2c([2H])c([2H])c(-c3ccc4ccccc4c3)c([2H])c2[2H])c([2H])c([2H])c1-c1ccc2ccccc2c1. The quantitative estimate of drug-likeness (QED) is 0.150. The number of fused-ring (bicyclic) bond motifs is 2. The predicted molar refractivity (Wildman–Crippen MR) is 243 cm³/mol. The van der Waals surface area contributed by atoms with Gasteiger partial charge in [0, 0.05) is 16.9 Å². The molecule has 0 N–H and O–H groups in total. The summed E-state index contributed by atoms with van der Waals surface area (Å²) in [5, 5.41) is 3.69. The highest BCUT2D eigenvalue weighted by Crippen LogP contribution is 2.45. The summed E-state index contributed by atoms with van der Waals surface area (Å²) >= 11 is 0. The minimum absolute atomic E-state index is 0.108. The third kappa shape index (κ3) is 6.66. The molecular formula is C56H39N. The molecule has 0 amide bonds. The van der Waals surface area contributed by atoms with Crippen LogP contribution in [0.5, 0.6) is 0 Å². The van der Waals surface area contributed by atoms with E-state index in [1.807, 2.05) is 140 Å². The van der Waals surface area contributed by atoms with Crippen molar-refractivity contribution in [3.63, 3.8) is 0 Å². The number of rotatable bonds is 8. The minimum atomic E-state index is -0.401. The van der Waals surface area contributed by atoms with Crippen molar-refractivity contribution in [2.24, 2.45) is 0 Å². The van der Waals surface area contributed by atoms with Crippen molar-refractivity contribution in [3.8, 4) is 55.6 Å². The first kappa shape index (κ1) is 26.3. The number of nitrogens with zero attached hydrogens (tertiary/aromatic N) is 1. The van der Waals surface area contributed by atoms with Crippen molar-refractivity contribution in [2.75, 3.05) is 4.90 Å². The lowest BCUT2D eigenvalue weighted by molar-refractivity contribution is 1.28. The van der Waals surface area contributed by atoms with E-state index >= 15 is 0 Å². The van der Waals surface area contributed by atoms with Crippen LogP contribution < -0.4 is 4.90 Å². The Morgan fingerprint density at radius 3 is 1.18 bits per heavy atom. The van der Waals surface area contributed by atoms with E-state index in [9.17, 15) is 11.0 Å². The highest BCUT2D eigenvalue weighted by Gasteiger charge is 2.20. The molecule has 0 aromatic heterocycles. The zero-order valence-corrected chi connectivity index (χ0v) is 30.8. The lowest BCUT2D eigenvalue weighted by Gasteiger charge is -2.29. The van der Waals surface area contributed by atoms with Gasteiger partial charge in [0.2, 0.25) is 0 Å². The molecule has 10 aromatic carbocycles. The third-order valence-corrected chi connectivity index (χ3v) is 10.4. The Bertz CT molecular complexity index is 3290. The van der Waals surface area contributed by atoms with Crippen molar-refractivity contribution < 1.29 is 11.0 Å². The van der Waals surface area contributed by atoms with E-state index in [0.717, 1.165) is 49.4 Å². The number of anilines is 3. The van der Waals surface area contributed by atoms with Gasteiger partial charge < -0.3 is 4.90 Å². The van der Waals surface area contributed by atoms with Crippen LogP contribution in [0, 0.1) is 0 Å². The fourth-order valence-corrected chi connectivity index (χ4v) is 7.60. The summed E-state index contributed by atoms with van der Waals surface area (Å²) in [5.41, 5.74) is 6.38. The summed E-state index contributed by atoms with van der Waals surface area (Å²) < 4.78 is 77.1. The second kappa shape index (κ2) is 15.0. The summed E-state index contributed by atoms with van der Waals surface area (Å²) in [6.45, 7) is 0. The van der Waals surface area contributed by atoms with Gasteiger partial charge in [-0.1, -0.05) is 194 Å². The third-order valence-electron chi connectivity index (χ3n) is 10.4. The largest absolute Gasteiger partial charge is 0.310 e. The first-order chi connectivity index (χ1) is 31.6. The minimum Gasteiger partial charge on any atom is -0.310 e. The van der Waals surface area contributed by atoms with Gasteiger partial charge >= 0.3 is 0 Å². The summed E-state index contributed by atoms with van der Waals surface area (Å²) in [7, 11) is 0. The molecule has 0 fully saturated rings. The van der Waals surface area contributed by atoms with Gasteiger partial charge in [0.05, 0.1) is 16.7 Å². The Labute approximate surface area is 345 Å². The average molecular weight is 734 g/mol. The molecule has 57 heavy (non-hydrogen) atoms. The first-order valence-corrected chi connectivity index (χ1v) is 18.9. The molecule has 0 aliphatic rings. The summed E-state index contributed by atoms with van der Waals surface area (Å²) in [5.74, 6) is 0. The molecule has 0 bridgehead atoms. The van der Waals surface area contributed by atoms with Gasteiger partial charge in [0.15, 0.2) is 0 Å². The van der Waals surface area contributed by atoms with Crippen molar-refractivity contribution in [1.29, 1.82) is 0 Å². The number of benzene rings is 10. The number of hydrogen-bond donors (Lipinski definition) is 0. The molecular weight excluding hydrogens is 687 g/mol. The first-order valence-electron chi connectivity index (χ1n) is 22.9. The molecule has 1 nitrogen and oxygen atoms in total. The molecule has 0 saturated heterocycles. The van der Waals surface area contributed by atoms with Crippen LogP contribution in [0.3, 0.4) is 0 Å². The maximum atomic E-state index is 9.74. The lowest BCUT2D eigenvalue weighted by atomic mass is 9.88. The molecule has 10 rings (SSSR count). The Morgan fingerprint density at radius 2 is 0.649 bits per heavy atom. The van der Waals surface area contributed by atoms with E-state index < -0.39 is 24.2 Å². The van der Waals surface area contributed by atoms with Crippen LogP contribution in [0.25, 0.3) is 77.2 Å². The Morgan fingerprint density at radius 1 is 0.263 bits per heavy atom. The molecule has 0 aliphatic heterocycles. The molecule has 0 heterocycles. The van der Waals surface area contributed by atoms with Crippen LogP contribution in [0.2, 0.25) is 0 Å². The van der Waals surface area contributed by atoms with Crippen molar-refractivity contribution >= 4 is 38.6 Å². The van der Waals surface area contributed by atoms with Crippen LogP contribution in [-0.4, -0.2) is 0 Å². The second-order valence-corrected chi connectivity index (χ2v) is 13.9. The average Bonchev–Trinajstić information content (AvgIpc) is 3.35. The molecule has 0 aliphatic carbocycles. The predicted octanol–water partition coefficient (Wildman–Crippen LogP) is 15.8. The molecule has 0 unspecified atom stereocenters. The van der Waals surface area contributed by atoms with Crippen LogP contribution in [0.1, 0.15) is 11.0 Å². The maximum absolute atomic E-state index is 9.74. The maximum Gasteiger partial charge on any atom is 0.0645 e. The highest BCUT2D eigenvalue weighted by molar-refractivity contribution is 5.97. The van der Waals surface area contributed by atoms with E-state index in [1.54, 1.807) is 24.3 Å². The topological polar surface area (TPSA) is 3.24 Å². The molecule has 268 valence electrons. The van der Waals surface area contributed by atoms with Crippen LogP contribution in [0.15, 0.2) is 236 Å². The smallest absolute Gasteiger partial charge is 0.0645 e. The van der Waals surface area contributed by atoms with E-state index in [4.69, 9.17) is 0 Å². The zero-order valence-electron chi connectivity index (χ0n) is 38.8. The van der Waals surface area contributed by atoms with Gasteiger partial charge in [0.25, 0.3) is 0 Å². The van der Waals surface area contributed by atoms with Crippen molar-refractivity contribution in [2.45, 2.75) is 0 Å². The van der Waals surface area contributed by atoms with Gasteiger partial charge in [0.1, 0.15) is 0 Å². The lowest BCUT2D eigenvalue weighted by Crippen LogP contribution is -2.11. The van der Waals surface area contributed by atoms with Gasteiger partial charge in [-0.15, -0.1) is 0 Å².